The predicted octanol–water partition coefficient (Wildman–Crippen LogP) is 2.62. The molecule has 0 saturated carbocycles. The van der Waals surface area contributed by atoms with E-state index in [1.54, 1.807) is 36.6 Å². The molecule has 2 aromatic carbocycles. The summed E-state index contributed by atoms with van der Waals surface area (Å²) in [5.74, 6) is 0. The van der Waals surface area contributed by atoms with Gasteiger partial charge < -0.3 is 0 Å². The van der Waals surface area contributed by atoms with Crippen LogP contribution in [0.1, 0.15) is 0 Å². The molecule has 9 heteroatoms. The number of nitro benzene ring substituents is 1. The predicted molar refractivity (Wildman–Crippen MR) is 88.5 cm³/mol. The van der Waals surface area contributed by atoms with E-state index in [2.05, 4.69) is 3.77 Å². The molecule has 23 heavy (non-hydrogen) atoms. The summed E-state index contributed by atoms with van der Waals surface area (Å²) in [6.07, 6.45) is 0. The number of rotatable bonds is 5. The lowest BCUT2D eigenvalue weighted by atomic mass is 10.3. The van der Waals surface area contributed by atoms with Gasteiger partial charge in [-0.1, -0.05) is 18.2 Å². The topological polar surface area (TPSA) is 92.9 Å². The fraction of sp³-hybridized carbons (Fsp3) is 0.143. The highest BCUT2D eigenvalue weighted by Gasteiger charge is 2.16. The first-order valence-electron chi connectivity index (χ1n) is 6.50. The number of hydrogen-bond donors (Lipinski definition) is 0. The molecule has 0 radical (unpaired) electrons. The molecular weight excluding hydrogens is 338 g/mol. The number of sulfonamides is 1. The van der Waals surface area contributed by atoms with E-state index < -0.39 is 25.8 Å². The third kappa shape index (κ3) is 4.21. The third-order valence-electron chi connectivity index (χ3n) is 2.81. The molecule has 0 fully saturated rings. The lowest BCUT2D eigenvalue weighted by molar-refractivity contribution is -0.384. The van der Waals surface area contributed by atoms with E-state index in [9.17, 15) is 18.5 Å². The minimum atomic E-state index is -3.82. The van der Waals surface area contributed by atoms with E-state index in [0.29, 0.717) is 4.90 Å². The van der Waals surface area contributed by atoms with Gasteiger partial charge in [0.25, 0.3) is 15.7 Å². The molecule has 0 N–H and O–H groups in total. The summed E-state index contributed by atoms with van der Waals surface area (Å²) in [6, 6.07) is 13.6. The van der Waals surface area contributed by atoms with Crippen LogP contribution in [-0.2, 0) is 20.9 Å². The van der Waals surface area contributed by atoms with E-state index in [1.165, 1.54) is 36.4 Å². The number of benzene rings is 2. The molecular formula is C14H15N3O4S2. The maximum Gasteiger partial charge on any atom is 0.289 e. The molecule has 0 aliphatic rings. The van der Waals surface area contributed by atoms with Gasteiger partial charge in [-0.25, -0.2) is 4.31 Å². The van der Waals surface area contributed by atoms with Crippen molar-refractivity contribution in [3.05, 3.63) is 64.7 Å². The summed E-state index contributed by atoms with van der Waals surface area (Å²) in [6.45, 7) is 0. The van der Waals surface area contributed by atoms with Crippen LogP contribution in [0.15, 0.2) is 68.2 Å². The molecule has 2 aromatic rings. The van der Waals surface area contributed by atoms with Crippen LogP contribution in [0.25, 0.3) is 0 Å². The fourth-order valence-corrected chi connectivity index (χ4v) is 5.01. The van der Waals surface area contributed by atoms with Crippen molar-refractivity contribution in [2.24, 2.45) is 3.77 Å². The quantitative estimate of drug-likeness (QED) is 0.608. The van der Waals surface area contributed by atoms with Crippen LogP contribution < -0.4 is 0 Å². The Bertz CT molecular complexity index is 832. The van der Waals surface area contributed by atoms with Crippen LogP contribution in [-0.4, -0.2) is 31.7 Å². The van der Waals surface area contributed by atoms with Gasteiger partial charge in [-0.3, -0.25) is 10.1 Å². The lowest BCUT2D eigenvalue weighted by Gasteiger charge is -2.15. The second kappa shape index (κ2) is 6.99. The molecule has 0 unspecified atom stereocenters. The summed E-state index contributed by atoms with van der Waals surface area (Å²) in [5.41, 5.74) is -0.0537. The number of hydrogen-bond acceptors (Lipinski definition) is 4. The fourth-order valence-electron chi connectivity index (χ4n) is 1.74. The molecule has 0 amide bonds. The van der Waals surface area contributed by atoms with Gasteiger partial charge in [0.05, 0.1) is 9.82 Å². The highest BCUT2D eigenvalue weighted by atomic mass is 32.3. The van der Waals surface area contributed by atoms with Crippen molar-refractivity contribution in [2.75, 3.05) is 14.1 Å². The molecule has 0 heterocycles. The molecule has 0 aliphatic carbocycles. The van der Waals surface area contributed by atoms with E-state index >= 15 is 0 Å². The van der Waals surface area contributed by atoms with E-state index in [0.717, 1.165) is 0 Å². The monoisotopic (exact) mass is 353 g/mol. The van der Waals surface area contributed by atoms with Gasteiger partial charge in [-0.05, 0) is 38.4 Å². The lowest BCUT2D eigenvalue weighted by Crippen LogP contribution is -2.17. The van der Waals surface area contributed by atoms with Crippen LogP contribution in [0.4, 0.5) is 5.69 Å². The number of non-ortho nitro benzene ring substituents is 1. The summed E-state index contributed by atoms with van der Waals surface area (Å²) >= 11 is 0. The normalized spacial score (nSPS) is 13.2. The average Bonchev–Trinajstić information content (AvgIpc) is 2.53. The highest BCUT2D eigenvalue weighted by molar-refractivity contribution is 7.99. The molecule has 122 valence electrons. The van der Waals surface area contributed by atoms with Crippen molar-refractivity contribution in [1.29, 1.82) is 0 Å². The van der Waals surface area contributed by atoms with Crippen LogP contribution in [0.5, 0.6) is 0 Å². The minimum Gasteiger partial charge on any atom is -0.258 e. The molecule has 0 aromatic heterocycles. The van der Waals surface area contributed by atoms with E-state index in [-0.39, 0.29) is 10.6 Å². The van der Waals surface area contributed by atoms with Crippen molar-refractivity contribution < 1.29 is 13.3 Å². The van der Waals surface area contributed by atoms with Crippen molar-refractivity contribution in [3.63, 3.8) is 0 Å². The van der Waals surface area contributed by atoms with Crippen LogP contribution in [0.3, 0.4) is 0 Å². The van der Waals surface area contributed by atoms with Gasteiger partial charge in [0.1, 0.15) is 0 Å². The molecule has 0 bridgehead atoms. The minimum absolute atomic E-state index is 0.0537. The first kappa shape index (κ1) is 17.3. The maximum atomic E-state index is 12.4. The zero-order valence-corrected chi connectivity index (χ0v) is 14.1. The molecule has 2 rings (SSSR count). The zero-order chi connectivity index (χ0) is 17.0. The Morgan fingerprint density at radius 1 is 1.04 bits per heavy atom. The second-order valence-corrected chi connectivity index (χ2v) is 8.44. The third-order valence-corrected chi connectivity index (χ3v) is 6.42. The van der Waals surface area contributed by atoms with Crippen LogP contribution >= 0.6 is 0 Å². The Balaban J connectivity index is 2.48. The molecule has 0 saturated heterocycles. The average molecular weight is 353 g/mol. The first-order chi connectivity index (χ1) is 10.8. The van der Waals surface area contributed by atoms with Gasteiger partial charge >= 0.3 is 0 Å². The van der Waals surface area contributed by atoms with Crippen molar-refractivity contribution in [1.82, 2.24) is 4.31 Å². The highest BCUT2D eigenvalue weighted by Crippen LogP contribution is 2.20. The Hall–Kier alpha value is -2.10. The Labute approximate surface area is 137 Å². The first-order valence-corrected chi connectivity index (χ1v) is 9.08. The van der Waals surface area contributed by atoms with Gasteiger partial charge in [-0.2, -0.15) is 8.42 Å². The smallest absolute Gasteiger partial charge is 0.258 e. The van der Waals surface area contributed by atoms with Crippen molar-refractivity contribution in [3.8, 4) is 0 Å². The maximum absolute atomic E-state index is 12.4. The Morgan fingerprint density at radius 2 is 1.61 bits per heavy atom. The summed E-state index contributed by atoms with van der Waals surface area (Å²) < 4.78 is 30.4. The molecule has 0 spiro atoms. The van der Waals surface area contributed by atoms with Crippen molar-refractivity contribution >= 4 is 26.6 Å². The Morgan fingerprint density at radius 3 is 2.09 bits per heavy atom. The summed E-state index contributed by atoms with van der Waals surface area (Å²) in [7, 11) is -1.49. The second-order valence-electron chi connectivity index (χ2n) is 4.69. The van der Waals surface area contributed by atoms with Gasteiger partial charge in [0.2, 0.25) is 0 Å². The summed E-state index contributed by atoms with van der Waals surface area (Å²) in [5, 5.41) is 10.7. The summed E-state index contributed by atoms with van der Waals surface area (Å²) in [4.78, 5) is 10.9. The van der Waals surface area contributed by atoms with Crippen molar-refractivity contribution in [2.45, 2.75) is 9.79 Å². The largest absolute Gasteiger partial charge is 0.289 e. The SMILES string of the molecule is CN(C)[S@@](=NS(=O)(=O)c1ccccc1)c1ccc([N+](=O)[O-])cc1. The molecule has 1 atom stereocenters. The Kier molecular flexibility index (Phi) is 5.24. The zero-order valence-electron chi connectivity index (χ0n) is 12.5. The number of nitrogens with zero attached hydrogens (tertiary/aromatic N) is 3. The standard InChI is InChI=1S/C14H15N3O4S2/c1-16(2)22(13-10-8-12(9-11-13)17(18)19)15-23(20,21)14-6-4-3-5-7-14/h3-11H,1-2H3/t22-/m1/s1. The molecule has 0 aliphatic heterocycles. The van der Waals surface area contributed by atoms with Gasteiger partial charge in [0.15, 0.2) is 0 Å². The van der Waals surface area contributed by atoms with Crippen LogP contribution in [0, 0.1) is 10.1 Å². The van der Waals surface area contributed by atoms with E-state index in [1.807, 2.05) is 0 Å². The molecule has 7 nitrogen and oxygen atoms in total. The van der Waals surface area contributed by atoms with E-state index in [4.69, 9.17) is 0 Å². The van der Waals surface area contributed by atoms with Crippen LogP contribution in [0.2, 0.25) is 0 Å². The van der Waals surface area contributed by atoms with Gasteiger partial charge in [0, 0.05) is 27.9 Å². The number of nitro groups is 1. The van der Waals surface area contributed by atoms with Gasteiger partial charge in [-0.15, -0.1) is 3.77 Å².